The van der Waals surface area contributed by atoms with Crippen LogP contribution < -0.4 is 0 Å². The fourth-order valence-corrected chi connectivity index (χ4v) is 0. The van der Waals surface area contributed by atoms with Gasteiger partial charge in [-0.1, -0.05) is 54.4 Å². The Morgan fingerprint density at radius 3 is 1.50 bits per heavy atom. The van der Waals surface area contributed by atoms with Gasteiger partial charge in [0.05, 0.1) is 0 Å². The lowest BCUT2D eigenvalue weighted by Crippen LogP contribution is -1.87. The maximum Gasteiger partial charge on any atom is 0.153 e. The summed E-state index contributed by atoms with van der Waals surface area (Å²) in [5, 5.41) is 0. The zero-order valence-electron chi connectivity index (χ0n) is 2.79. The smallest absolute Gasteiger partial charge is 0.0634 e. The second-order valence-corrected chi connectivity index (χ2v) is 7.65. The Morgan fingerprint density at radius 2 is 1.50 bits per heavy atom. The molecule has 0 aromatic rings. The molecule has 35 valence electrons. The van der Waals surface area contributed by atoms with Crippen molar-refractivity contribution in [3.8, 4) is 0 Å². The summed E-state index contributed by atoms with van der Waals surface area (Å²) in [5.74, 6) is 0. The molecule has 0 atom stereocenters. The molecular weight excluding hydrogens is 276 g/mol. The fraction of sp³-hybridized carbons (Fsp3) is 0.333. The van der Waals surface area contributed by atoms with E-state index < -0.39 is 0 Å². The van der Waals surface area contributed by atoms with Gasteiger partial charge < -0.3 is 0 Å². The van der Waals surface area contributed by atoms with E-state index in [9.17, 15) is 0 Å². The molecule has 0 nitrogen and oxygen atoms in total. The lowest BCUT2D eigenvalue weighted by atomic mass is 10.8. The van der Waals surface area contributed by atoms with E-state index in [1.807, 2.05) is 0 Å². The summed E-state index contributed by atoms with van der Waals surface area (Å²) in [6, 6.07) is 0. The van der Waals surface area contributed by atoms with Crippen LogP contribution in [-0.4, -0.2) is 2.14 Å². The van der Waals surface area contributed by atoms with Gasteiger partial charge in [0.1, 0.15) is 0 Å². The third-order valence-electron chi connectivity index (χ3n) is 0.189. The first-order valence-electron chi connectivity index (χ1n) is 1.19. The molecule has 0 aliphatic carbocycles. The lowest BCUT2D eigenvalue weighted by molar-refractivity contribution is 1.67. The number of alkyl halides is 3. The molecule has 0 amide bonds. The molecule has 0 aliphatic heterocycles. The average molecular weight is 278 g/mol. The highest BCUT2D eigenvalue weighted by Crippen LogP contribution is 2.33. The van der Waals surface area contributed by atoms with Crippen molar-refractivity contribution >= 4 is 47.8 Å². The highest BCUT2D eigenvalue weighted by molar-refractivity contribution is 9.39. The van der Waals surface area contributed by atoms with E-state index in [4.69, 9.17) is 6.58 Å². The largest absolute Gasteiger partial charge is 0.153 e. The van der Waals surface area contributed by atoms with Crippen LogP contribution in [0.25, 0.3) is 0 Å². The van der Waals surface area contributed by atoms with Gasteiger partial charge in [-0.05, 0) is 6.08 Å². The Bertz CT molecular complexity index is 51.5. The first-order chi connectivity index (χ1) is 2.56. The Morgan fingerprint density at radius 1 is 1.33 bits per heavy atom. The van der Waals surface area contributed by atoms with Gasteiger partial charge in [-0.25, -0.2) is 0 Å². The van der Waals surface area contributed by atoms with Crippen molar-refractivity contribution in [3.05, 3.63) is 12.7 Å². The molecule has 0 aliphatic rings. The summed E-state index contributed by atoms with van der Waals surface area (Å²) < 4.78 is -0.368. The topological polar surface area (TPSA) is 0 Å². The van der Waals surface area contributed by atoms with Crippen molar-refractivity contribution in [2.24, 2.45) is 0 Å². The van der Waals surface area contributed by atoms with Crippen LogP contribution in [0.1, 0.15) is 0 Å². The number of allylic oxidation sites excluding steroid dienone is 1. The summed E-state index contributed by atoms with van der Waals surface area (Å²) in [6.45, 7) is 5.04. The Kier molecular flexibility index (Phi) is 2.97. The molecule has 6 heavy (non-hydrogen) atoms. The normalized spacial score (nSPS) is 11.2. The van der Waals surface area contributed by atoms with E-state index in [2.05, 4.69) is 47.8 Å². The Hall–Kier alpha value is 1.18. The SMILES string of the molecule is [CH]=CC(Br)(Br)Br. The Balaban J connectivity index is 3.45. The maximum absolute atomic E-state index is 5.04. The van der Waals surface area contributed by atoms with Gasteiger partial charge in [0, 0.05) is 0 Å². The molecule has 0 aromatic heterocycles. The molecule has 0 bridgehead atoms. The molecule has 0 fully saturated rings. The molecule has 0 rings (SSSR count). The van der Waals surface area contributed by atoms with Crippen molar-refractivity contribution in [1.82, 2.24) is 0 Å². The van der Waals surface area contributed by atoms with Crippen LogP contribution in [0.5, 0.6) is 0 Å². The van der Waals surface area contributed by atoms with Crippen molar-refractivity contribution in [2.45, 2.75) is 2.14 Å². The van der Waals surface area contributed by atoms with Crippen molar-refractivity contribution in [3.63, 3.8) is 0 Å². The quantitative estimate of drug-likeness (QED) is 0.598. The number of hydrogen-bond acceptors (Lipinski definition) is 0. The summed E-state index contributed by atoms with van der Waals surface area (Å²) in [7, 11) is 0. The molecule has 0 heterocycles. The number of rotatable bonds is 0. The van der Waals surface area contributed by atoms with Gasteiger partial charge in [-0.15, -0.1) is 0 Å². The zero-order valence-corrected chi connectivity index (χ0v) is 7.55. The van der Waals surface area contributed by atoms with E-state index in [1.165, 1.54) is 6.08 Å². The van der Waals surface area contributed by atoms with E-state index in [0.29, 0.717) is 0 Å². The number of halogens is 3. The summed E-state index contributed by atoms with van der Waals surface area (Å²) >= 11 is 9.39. The summed E-state index contributed by atoms with van der Waals surface area (Å²) in [5.41, 5.74) is 0. The van der Waals surface area contributed by atoms with Crippen LogP contribution >= 0.6 is 47.8 Å². The van der Waals surface area contributed by atoms with Crippen LogP contribution in [0.15, 0.2) is 6.08 Å². The fourth-order valence-electron chi connectivity index (χ4n) is 0. The van der Waals surface area contributed by atoms with Crippen LogP contribution in [0.3, 0.4) is 0 Å². The first kappa shape index (κ1) is 7.18. The van der Waals surface area contributed by atoms with Crippen LogP contribution in [-0.2, 0) is 0 Å². The molecule has 0 unspecified atom stereocenters. The number of hydrogen-bond donors (Lipinski definition) is 0. The minimum atomic E-state index is -0.368. The third-order valence-corrected chi connectivity index (χ3v) is 0.982. The van der Waals surface area contributed by atoms with Crippen molar-refractivity contribution < 1.29 is 0 Å². The average Bonchev–Trinajstić information content (AvgIpc) is 1.35. The Labute approximate surface area is 62.4 Å². The minimum Gasteiger partial charge on any atom is -0.0634 e. The molecule has 0 saturated carbocycles. The monoisotopic (exact) mass is 275 g/mol. The molecule has 0 aromatic carbocycles. The highest BCUT2D eigenvalue weighted by Gasteiger charge is 2.08. The molecule has 0 saturated heterocycles. The standard InChI is InChI=1S/C3H2Br3/c1-2-3(4,5)6/h1-2H. The van der Waals surface area contributed by atoms with Gasteiger partial charge in [-0.2, -0.15) is 0 Å². The van der Waals surface area contributed by atoms with Crippen molar-refractivity contribution in [2.75, 3.05) is 0 Å². The van der Waals surface area contributed by atoms with Gasteiger partial charge in [-0.3, -0.25) is 0 Å². The van der Waals surface area contributed by atoms with Crippen LogP contribution in [0.4, 0.5) is 0 Å². The summed E-state index contributed by atoms with van der Waals surface area (Å²) in [6.07, 6.45) is 1.44. The predicted molar refractivity (Wildman–Crippen MR) is 38.4 cm³/mol. The zero-order chi connectivity index (χ0) is 5.21. The van der Waals surface area contributed by atoms with Gasteiger partial charge >= 0.3 is 0 Å². The van der Waals surface area contributed by atoms with Gasteiger partial charge in [0.15, 0.2) is 2.14 Å². The minimum absolute atomic E-state index is 0.368. The van der Waals surface area contributed by atoms with Gasteiger partial charge in [0.25, 0.3) is 0 Å². The molecule has 0 spiro atoms. The van der Waals surface area contributed by atoms with E-state index >= 15 is 0 Å². The van der Waals surface area contributed by atoms with Gasteiger partial charge in [0.2, 0.25) is 0 Å². The van der Waals surface area contributed by atoms with E-state index in [-0.39, 0.29) is 2.14 Å². The first-order valence-corrected chi connectivity index (χ1v) is 3.57. The second-order valence-electron chi connectivity index (χ2n) is 0.708. The van der Waals surface area contributed by atoms with E-state index in [0.717, 1.165) is 0 Å². The summed E-state index contributed by atoms with van der Waals surface area (Å²) in [4.78, 5) is 0. The van der Waals surface area contributed by atoms with Crippen molar-refractivity contribution in [1.29, 1.82) is 0 Å². The van der Waals surface area contributed by atoms with E-state index in [1.54, 1.807) is 0 Å². The predicted octanol–water partition coefficient (Wildman–Crippen LogP) is 2.81. The molecule has 0 N–H and O–H groups in total. The third kappa shape index (κ3) is 5.18. The second kappa shape index (κ2) is 2.48. The van der Waals surface area contributed by atoms with Crippen LogP contribution in [0, 0.1) is 6.58 Å². The molecule has 1 radical (unpaired) electrons. The molecule has 3 heteroatoms. The maximum atomic E-state index is 5.04. The van der Waals surface area contributed by atoms with Crippen LogP contribution in [0.2, 0.25) is 0 Å². The molecular formula is C3H2Br3. The lowest BCUT2D eigenvalue weighted by Gasteiger charge is -1.99. The highest BCUT2D eigenvalue weighted by atomic mass is 80.0.